The van der Waals surface area contributed by atoms with Gasteiger partial charge in [0.1, 0.15) is 0 Å². The zero-order valence-corrected chi connectivity index (χ0v) is 31.9. The molecule has 9 aromatic carbocycles. The summed E-state index contributed by atoms with van der Waals surface area (Å²) >= 11 is 0. The van der Waals surface area contributed by atoms with Crippen molar-refractivity contribution >= 4 is 43.6 Å². The molecule has 3 aromatic heterocycles. The van der Waals surface area contributed by atoms with E-state index in [1.54, 1.807) is 24.3 Å². The van der Waals surface area contributed by atoms with Crippen molar-refractivity contribution in [1.29, 1.82) is 0 Å². The van der Waals surface area contributed by atoms with Crippen LogP contribution in [0.15, 0.2) is 224 Å². The fourth-order valence-corrected chi connectivity index (χ4v) is 7.68. The van der Waals surface area contributed by atoms with E-state index >= 15 is 0 Å². The molecule has 0 bridgehead atoms. The van der Waals surface area contributed by atoms with Gasteiger partial charge in [0.05, 0.1) is 52.2 Å². The number of benzene rings is 9. The lowest BCUT2D eigenvalue weighted by Gasteiger charge is -2.13. The Labute approximate surface area is 389 Å². The number of hydrogen-bond acceptors (Lipinski definition) is 3. The van der Waals surface area contributed by atoms with Gasteiger partial charge in [-0.1, -0.05) is 169 Å². The Morgan fingerprint density at radius 1 is 0.339 bits per heavy atom. The summed E-state index contributed by atoms with van der Waals surface area (Å²) in [7, 11) is 0. The lowest BCUT2D eigenvalue weighted by Crippen LogP contribution is -2.02. The van der Waals surface area contributed by atoms with Gasteiger partial charge in [-0.3, -0.25) is 0 Å². The minimum atomic E-state index is -0.865. The Morgan fingerprint density at radius 3 is 1.68 bits per heavy atom. The molecular weight excluding hydrogens is 755 g/mol. The Morgan fingerprint density at radius 2 is 0.903 bits per heavy atom. The number of rotatable bonds is 7. The van der Waals surface area contributed by atoms with E-state index in [1.807, 2.05) is 54.6 Å². The Hall–Kier alpha value is -8.41. The van der Waals surface area contributed by atoms with Crippen molar-refractivity contribution in [2.75, 3.05) is 0 Å². The lowest BCUT2D eigenvalue weighted by molar-refractivity contribution is 1.07. The predicted molar refractivity (Wildman–Crippen MR) is 256 cm³/mol. The van der Waals surface area contributed by atoms with Crippen LogP contribution in [0.2, 0.25) is 0 Å². The van der Waals surface area contributed by atoms with Crippen molar-refractivity contribution in [2.45, 2.75) is 0 Å². The number of para-hydroxylation sites is 5. The molecular formula is C57H37N5. The summed E-state index contributed by atoms with van der Waals surface area (Å²) in [4.78, 5) is 14.5. The van der Waals surface area contributed by atoms with E-state index in [4.69, 9.17) is 31.4 Å². The fourth-order valence-electron chi connectivity index (χ4n) is 7.68. The summed E-state index contributed by atoms with van der Waals surface area (Å²) in [5.74, 6) is -1.44. The highest BCUT2D eigenvalue weighted by Gasteiger charge is 2.21. The van der Waals surface area contributed by atoms with Crippen LogP contribution in [0.25, 0.3) is 111 Å². The third-order valence-electron chi connectivity index (χ3n) is 10.5. The topological polar surface area (TPSA) is 48.5 Å². The van der Waals surface area contributed by atoms with Crippen LogP contribution in [0.4, 0.5) is 0 Å². The molecule has 5 heteroatoms. The van der Waals surface area contributed by atoms with Gasteiger partial charge in [0.25, 0.3) is 0 Å². The van der Waals surface area contributed by atoms with Gasteiger partial charge in [-0.05, 0) is 76.7 Å². The molecule has 0 radical (unpaired) electrons. The van der Waals surface area contributed by atoms with E-state index in [0.29, 0.717) is 5.56 Å². The number of hydrogen-bond donors (Lipinski definition) is 0. The van der Waals surface area contributed by atoms with Crippen molar-refractivity contribution < 1.29 is 30.2 Å². The maximum atomic E-state index is 10.1. The molecule has 0 saturated heterocycles. The van der Waals surface area contributed by atoms with Crippen molar-refractivity contribution in [3.8, 4) is 67.8 Å². The summed E-state index contributed by atoms with van der Waals surface area (Å²) in [5, 5.41) is -1.47. The van der Waals surface area contributed by atoms with Gasteiger partial charge < -0.3 is 9.13 Å². The standard InChI is InChI=1S/C57H37N5/c1-4-16-38(17-5-1)39-30-32-40(33-31-39)41-18-14-19-42(36-41)55-58-56(43-34-35-48-46-24-10-12-28-51(46)61(53(48)37-43)44-20-6-2-7-21-44)60-57(59-55)50-27-15-26-49-47-25-11-13-29-52(47)62(54(49)50)45-22-8-3-9-23-45/h1-37H/i2D,3D,6D,7D,8D,9D,10D,11D,12D,13D,15D,22D,23D,24D,25D,26D,27D,28D,29D,34D,35D,37D. The molecule has 12 aromatic rings. The molecule has 290 valence electrons. The fraction of sp³-hybridized carbons (Fsp3) is 0. The normalized spacial score (nSPS) is 16.5. The molecule has 0 N–H and O–H groups in total. The van der Waals surface area contributed by atoms with E-state index in [0.717, 1.165) is 38.0 Å². The molecule has 0 fully saturated rings. The maximum Gasteiger partial charge on any atom is 0.166 e. The number of nitrogens with zero attached hydrogens (tertiary/aromatic N) is 5. The molecule has 5 nitrogen and oxygen atoms in total. The second-order valence-electron chi connectivity index (χ2n) is 14.0. The molecule has 0 atom stereocenters. The van der Waals surface area contributed by atoms with Crippen LogP contribution < -0.4 is 0 Å². The molecule has 0 aliphatic rings. The highest BCUT2D eigenvalue weighted by atomic mass is 15.1. The molecule has 3 heterocycles. The smallest absolute Gasteiger partial charge is 0.166 e. The largest absolute Gasteiger partial charge is 0.309 e. The Bertz CT molecular complexity index is 4870. The highest BCUT2D eigenvalue weighted by Crippen LogP contribution is 2.39. The summed E-state index contributed by atoms with van der Waals surface area (Å²) in [5.41, 5.74) is -0.0463. The molecule has 0 spiro atoms. The van der Waals surface area contributed by atoms with E-state index in [2.05, 4.69) is 0 Å². The molecule has 0 aliphatic carbocycles. The van der Waals surface area contributed by atoms with Gasteiger partial charge in [0.15, 0.2) is 17.5 Å². The van der Waals surface area contributed by atoms with Crippen LogP contribution in [0.1, 0.15) is 30.2 Å². The van der Waals surface area contributed by atoms with Crippen LogP contribution in [-0.4, -0.2) is 24.1 Å². The lowest BCUT2D eigenvalue weighted by atomic mass is 9.99. The molecule has 0 aliphatic heterocycles. The van der Waals surface area contributed by atoms with Gasteiger partial charge in [-0.25, -0.2) is 15.0 Å². The summed E-state index contributed by atoms with van der Waals surface area (Å²) in [6, 6.07) is 10.2. The first-order valence-corrected chi connectivity index (χ1v) is 19.1. The van der Waals surface area contributed by atoms with Crippen LogP contribution in [0.3, 0.4) is 0 Å². The third kappa shape index (κ3) is 5.98. The minimum absolute atomic E-state index is 0.123. The first-order valence-electron chi connectivity index (χ1n) is 30.1. The van der Waals surface area contributed by atoms with Crippen molar-refractivity contribution in [1.82, 2.24) is 24.1 Å². The van der Waals surface area contributed by atoms with E-state index in [-0.39, 0.29) is 38.9 Å². The van der Waals surface area contributed by atoms with Crippen molar-refractivity contribution in [2.24, 2.45) is 0 Å². The number of aromatic nitrogens is 5. The van der Waals surface area contributed by atoms with Crippen molar-refractivity contribution in [3.05, 3.63) is 224 Å². The minimum Gasteiger partial charge on any atom is -0.309 e. The monoisotopic (exact) mass is 813 g/mol. The van der Waals surface area contributed by atoms with Crippen molar-refractivity contribution in [3.63, 3.8) is 0 Å². The second kappa shape index (κ2) is 14.7. The predicted octanol–water partition coefficient (Wildman–Crippen LogP) is 14.4. The first kappa shape index (κ1) is 19.8. The SMILES string of the molecule is [2H]c1cc(-n2c3c([2H])c([2H])c([2H])c([2H])c3c3c([2H])c([2H])c(-c4nc(-c5cccc(-c6ccc(-c7ccccc7)cc6)c5)nc(-c5c([2H])c([2H])c([2H])c6c7c([2H])c([2H])c([2H])c([2H])c7n(-c7c([2H])c([2H])c([2H])c([2H])c7[2H])c56)n4)c([2H])c32)cc([2H])c1[2H]. The third-order valence-corrected chi connectivity index (χ3v) is 10.5. The van der Waals surface area contributed by atoms with Crippen LogP contribution in [0, 0.1) is 0 Å². The highest BCUT2D eigenvalue weighted by molar-refractivity contribution is 6.13. The zero-order valence-electron chi connectivity index (χ0n) is 53.9. The zero-order chi connectivity index (χ0) is 60.1. The number of fused-ring (bicyclic) bond motifs is 6. The summed E-state index contributed by atoms with van der Waals surface area (Å²) < 4.78 is 201. The first-order chi connectivity index (χ1) is 39.9. The summed E-state index contributed by atoms with van der Waals surface area (Å²) in [6.45, 7) is 0. The van der Waals surface area contributed by atoms with Crippen LogP contribution in [-0.2, 0) is 0 Å². The average Bonchev–Trinajstić information content (AvgIpc) is 1.61. The molecule has 0 unspecified atom stereocenters. The Kier molecular flexibility index (Phi) is 4.69. The van der Waals surface area contributed by atoms with Crippen LogP contribution >= 0.6 is 0 Å². The van der Waals surface area contributed by atoms with Gasteiger partial charge >= 0.3 is 0 Å². The van der Waals surface area contributed by atoms with Crippen LogP contribution in [0.5, 0.6) is 0 Å². The molecule has 12 rings (SSSR count). The van der Waals surface area contributed by atoms with Gasteiger partial charge in [0.2, 0.25) is 0 Å². The quantitative estimate of drug-likeness (QED) is 0.161. The molecule has 62 heavy (non-hydrogen) atoms. The Balaban J connectivity index is 1.25. The maximum absolute atomic E-state index is 10.1. The van der Waals surface area contributed by atoms with Gasteiger partial charge in [-0.15, -0.1) is 0 Å². The summed E-state index contributed by atoms with van der Waals surface area (Å²) in [6.07, 6.45) is 0. The molecule has 0 saturated carbocycles. The second-order valence-corrected chi connectivity index (χ2v) is 14.0. The molecule has 0 amide bonds. The van der Waals surface area contributed by atoms with Gasteiger partial charge in [0, 0.05) is 49.6 Å². The van der Waals surface area contributed by atoms with E-state index < -0.39 is 183 Å². The van der Waals surface area contributed by atoms with Gasteiger partial charge in [-0.2, -0.15) is 0 Å². The average molecular weight is 814 g/mol. The van der Waals surface area contributed by atoms with E-state index in [9.17, 15) is 13.7 Å². The van der Waals surface area contributed by atoms with E-state index in [1.165, 1.54) is 0 Å².